The molecule has 170 valence electrons. The number of hydrogen-bond acceptors (Lipinski definition) is 8. The van der Waals surface area contributed by atoms with Crippen molar-refractivity contribution in [3.8, 4) is 0 Å². The molecule has 2 aliphatic rings. The highest BCUT2D eigenvalue weighted by Crippen LogP contribution is 2.25. The van der Waals surface area contributed by atoms with E-state index >= 15 is 0 Å². The minimum atomic E-state index is -0.952. The highest BCUT2D eigenvalue weighted by atomic mass is 19.1. The number of nitrogens with zero attached hydrogens (tertiary/aromatic N) is 3. The number of ether oxygens (including phenoxy) is 1. The number of rotatable bonds is 7. The number of nitrogens with one attached hydrogen (secondary N) is 3. The summed E-state index contributed by atoms with van der Waals surface area (Å²) in [4.78, 5) is 25.3. The number of halogens is 1. The second-order valence-electron chi connectivity index (χ2n) is 8.08. The lowest BCUT2D eigenvalue weighted by atomic mass is 10.1. The van der Waals surface area contributed by atoms with E-state index in [0.29, 0.717) is 53.7 Å². The highest BCUT2D eigenvalue weighted by molar-refractivity contribution is 6.11. The van der Waals surface area contributed by atoms with Gasteiger partial charge in [0.15, 0.2) is 5.82 Å². The maximum Gasteiger partial charge on any atom is 0.251 e. The molecular weight excluding hydrogens is 415 g/mol. The molecule has 2 aromatic heterocycles. The van der Waals surface area contributed by atoms with Crippen molar-refractivity contribution in [2.45, 2.75) is 37.5 Å². The number of carbonyl (C=O) groups is 1. The topological polar surface area (TPSA) is 156 Å². The standard InChI is InChI=1S/C21H27FN8O2/c22-13-5-15(10-25-9-13)29-21-19-18(27-11-28-21)16(20(24)31)6-17(30-19)12(7-23)8-26-14-1-3-32-4-2-14/h6-8,11,13-15,23,25-26H,1-5,9-10H2,(H2,24,31)(H,27,28,29)/p+1/b12-8+,23-7?/t13-,15-/m0/s1. The molecule has 0 aromatic carbocycles. The fourth-order valence-corrected chi connectivity index (χ4v) is 4.03. The lowest BCUT2D eigenvalue weighted by Crippen LogP contribution is -2.85. The first-order valence-corrected chi connectivity index (χ1v) is 10.8. The first-order valence-electron chi connectivity index (χ1n) is 10.8. The number of aromatic nitrogens is 3. The average molecular weight is 444 g/mol. The zero-order valence-electron chi connectivity index (χ0n) is 17.7. The van der Waals surface area contributed by atoms with Gasteiger partial charge < -0.3 is 31.8 Å². The van der Waals surface area contributed by atoms with Crippen LogP contribution in [0.15, 0.2) is 18.6 Å². The summed E-state index contributed by atoms with van der Waals surface area (Å²) in [6.45, 7) is 2.35. The lowest BCUT2D eigenvalue weighted by molar-refractivity contribution is -0.630. The molecule has 32 heavy (non-hydrogen) atoms. The van der Waals surface area contributed by atoms with Crippen LogP contribution in [0.5, 0.6) is 0 Å². The third-order valence-electron chi connectivity index (χ3n) is 5.76. The van der Waals surface area contributed by atoms with Crippen molar-refractivity contribution in [3.63, 3.8) is 0 Å². The first kappa shape index (κ1) is 22.2. The van der Waals surface area contributed by atoms with Crippen LogP contribution in [-0.4, -0.2) is 71.6 Å². The zero-order valence-corrected chi connectivity index (χ0v) is 17.7. The Labute approximate surface area is 184 Å². The van der Waals surface area contributed by atoms with E-state index in [1.54, 1.807) is 6.07 Å². The SMILES string of the molecule is N=C/C(=C\[NH2+]C1CCOCC1)c1cc(C(N)=O)c2ncnc(N[C@@H]3CNC[C@@H](F)C3)c2n1. The second kappa shape index (κ2) is 10.1. The van der Waals surface area contributed by atoms with Gasteiger partial charge in [-0.05, 0) is 6.07 Å². The van der Waals surface area contributed by atoms with Gasteiger partial charge in [0, 0.05) is 44.6 Å². The predicted molar refractivity (Wildman–Crippen MR) is 118 cm³/mol. The summed E-state index contributed by atoms with van der Waals surface area (Å²) in [7, 11) is 0. The number of piperidine rings is 1. The number of quaternary nitrogens is 1. The van der Waals surface area contributed by atoms with Crippen LogP contribution in [0.1, 0.15) is 35.3 Å². The molecule has 2 aliphatic heterocycles. The van der Waals surface area contributed by atoms with Crippen molar-refractivity contribution in [1.29, 1.82) is 5.41 Å². The van der Waals surface area contributed by atoms with E-state index in [1.165, 1.54) is 12.5 Å². The monoisotopic (exact) mass is 443 g/mol. The Kier molecular flexibility index (Phi) is 6.98. The lowest BCUT2D eigenvalue weighted by Gasteiger charge is -2.27. The Balaban J connectivity index is 1.70. The summed E-state index contributed by atoms with van der Waals surface area (Å²) >= 11 is 0. The van der Waals surface area contributed by atoms with Crippen LogP contribution in [0.4, 0.5) is 10.2 Å². The summed E-state index contributed by atoms with van der Waals surface area (Å²) in [5.41, 5.74) is 7.46. The number of pyridine rings is 1. The number of hydrogen-bond donors (Lipinski definition) is 5. The highest BCUT2D eigenvalue weighted by Gasteiger charge is 2.24. The molecule has 4 rings (SSSR count). The number of amides is 1. The molecule has 0 unspecified atom stereocenters. The van der Waals surface area contributed by atoms with Crippen molar-refractivity contribution in [3.05, 3.63) is 29.9 Å². The minimum absolute atomic E-state index is 0.182. The maximum atomic E-state index is 13.8. The first-order chi connectivity index (χ1) is 15.5. The van der Waals surface area contributed by atoms with E-state index in [2.05, 4.69) is 30.9 Å². The number of anilines is 1. The van der Waals surface area contributed by atoms with Crippen LogP contribution in [0, 0.1) is 5.41 Å². The molecule has 0 radical (unpaired) electrons. The second-order valence-corrected chi connectivity index (χ2v) is 8.08. The van der Waals surface area contributed by atoms with E-state index < -0.39 is 12.1 Å². The molecule has 4 heterocycles. The molecule has 2 fully saturated rings. The van der Waals surface area contributed by atoms with Crippen molar-refractivity contribution in [2.75, 3.05) is 31.6 Å². The van der Waals surface area contributed by atoms with E-state index in [0.717, 1.165) is 26.1 Å². The summed E-state index contributed by atoms with van der Waals surface area (Å²) in [6, 6.07) is 1.73. The third kappa shape index (κ3) is 5.06. The number of alkyl halides is 1. The molecular formula is C21H28FN8O2+. The van der Waals surface area contributed by atoms with E-state index in [1.807, 2.05) is 6.20 Å². The molecule has 0 aliphatic carbocycles. The number of allylic oxidation sites excluding steroid dienone is 1. The molecule has 2 aromatic rings. The molecule has 2 saturated heterocycles. The third-order valence-corrected chi connectivity index (χ3v) is 5.76. The quantitative estimate of drug-likeness (QED) is 0.376. The molecule has 11 heteroatoms. The van der Waals surface area contributed by atoms with Gasteiger partial charge in [0.2, 0.25) is 0 Å². The van der Waals surface area contributed by atoms with Gasteiger partial charge in [-0.2, -0.15) is 0 Å². The van der Waals surface area contributed by atoms with Crippen molar-refractivity contribution >= 4 is 34.5 Å². The number of primary amides is 1. The van der Waals surface area contributed by atoms with Gasteiger partial charge in [0.1, 0.15) is 29.7 Å². The van der Waals surface area contributed by atoms with Crippen molar-refractivity contribution in [2.24, 2.45) is 5.73 Å². The Hall–Kier alpha value is -3.02. The van der Waals surface area contributed by atoms with Gasteiger partial charge in [0.05, 0.1) is 36.1 Å². The number of fused-ring (bicyclic) bond motifs is 1. The summed E-state index contributed by atoms with van der Waals surface area (Å²) in [5, 5.41) is 16.2. The molecule has 0 saturated carbocycles. The molecule has 0 bridgehead atoms. The number of carbonyl (C=O) groups excluding carboxylic acids is 1. The van der Waals surface area contributed by atoms with Gasteiger partial charge in [-0.1, -0.05) is 0 Å². The van der Waals surface area contributed by atoms with Gasteiger partial charge in [-0.3, -0.25) is 4.79 Å². The smallest absolute Gasteiger partial charge is 0.251 e. The normalized spacial score (nSPS) is 22.6. The van der Waals surface area contributed by atoms with Crippen molar-refractivity contribution in [1.82, 2.24) is 20.3 Å². The predicted octanol–water partition coefficient (Wildman–Crippen LogP) is -0.0315. The molecule has 1 amide bonds. The fraction of sp³-hybridized carbons (Fsp3) is 0.476. The molecule has 10 nitrogen and oxygen atoms in total. The summed E-state index contributed by atoms with van der Waals surface area (Å²) in [5.74, 6) is -0.248. The number of nitrogens with two attached hydrogens (primary N) is 2. The Bertz CT molecular complexity index is 1020. The van der Waals surface area contributed by atoms with Crippen LogP contribution in [0.25, 0.3) is 16.6 Å². The van der Waals surface area contributed by atoms with Crippen LogP contribution in [-0.2, 0) is 4.74 Å². The van der Waals surface area contributed by atoms with Crippen molar-refractivity contribution < 1.29 is 19.2 Å². The van der Waals surface area contributed by atoms with E-state index in [-0.39, 0.29) is 11.6 Å². The minimum Gasteiger partial charge on any atom is -0.381 e. The van der Waals surface area contributed by atoms with Gasteiger partial charge in [0.25, 0.3) is 5.91 Å². The summed E-state index contributed by atoms with van der Waals surface area (Å²) < 4.78 is 19.2. The van der Waals surface area contributed by atoms with Gasteiger partial charge in [-0.25, -0.2) is 19.3 Å². The molecule has 7 N–H and O–H groups in total. The van der Waals surface area contributed by atoms with Gasteiger partial charge >= 0.3 is 0 Å². The molecule has 0 spiro atoms. The van der Waals surface area contributed by atoms with Gasteiger partial charge in [-0.15, -0.1) is 0 Å². The molecule has 2 atom stereocenters. The largest absolute Gasteiger partial charge is 0.381 e. The Morgan fingerprint density at radius 1 is 1.31 bits per heavy atom. The van der Waals surface area contributed by atoms with Crippen LogP contribution in [0.3, 0.4) is 0 Å². The maximum absolute atomic E-state index is 13.8. The van der Waals surface area contributed by atoms with Crippen LogP contribution in [0.2, 0.25) is 0 Å². The summed E-state index contributed by atoms with van der Waals surface area (Å²) in [6.07, 6.45) is 5.61. The average Bonchev–Trinajstić information content (AvgIpc) is 2.80. The Morgan fingerprint density at radius 3 is 2.84 bits per heavy atom. The van der Waals surface area contributed by atoms with E-state index in [9.17, 15) is 9.18 Å². The fourth-order valence-electron chi connectivity index (χ4n) is 4.03. The van der Waals surface area contributed by atoms with Crippen LogP contribution < -0.4 is 21.7 Å². The van der Waals surface area contributed by atoms with Crippen LogP contribution >= 0.6 is 0 Å². The van der Waals surface area contributed by atoms with E-state index in [4.69, 9.17) is 15.9 Å². The Morgan fingerprint density at radius 2 is 2.12 bits per heavy atom. The zero-order chi connectivity index (χ0) is 22.5.